The van der Waals surface area contributed by atoms with Crippen molar-refractivity contribution < 1.29 is 18.4 Å². The molecule has 0 radical (unpaired) electrons. The first-order valence-corrected chi connectivity index (χ1v) is 10.5. The van der Waals surface area contributed by atoms with Crippen LogP contribution in [0.5, 0.6) is 0 Å². The van der Waals surface area contributed by atoms with Crippen LogP contribution >= 0.6 is 11.8 Å². The van der Waals surface area contributed by atoms with E-state index in [2.05, 4.69) is 16.8 Å². The van der Waals surface area contributed by atoms with Gasteiger partial charge in [-0.1, -0.05) is 36.0 Å². The Kier molecular flexibility index (Phi) is 5.76. The largest absolute Gasteiger partial charge is 0.469 e. The first-order chi connectivity index (χ1) is 14.6. The van der Waals surface area contributed by atoms with Gasteiger partial charge in [0.15, 0.2) is 11.0 Å². The minimum Gasteiger partial charge on any atom is -0.469 e. The number of para-hydroxylation sites is 1. The van der Waals surface area contributed by atoms with Crippen LogP contribution in [0.25, 0.3) is 22.4 Å². The quantitative estimate of drug-likeness (QED) is 0.217. The zero-order chi connectivity index (χ0) is 21.1. The molecule has 7 nitrogen and oxygen atoms in total. The van der Waals surface area contributed by atoms with Crippen molar-refractivity contribution in [3.63, 3.8) is 0 Å². The lowest BCUT2D eigenvalue weighted by atomic mass is 10.1. The molecule has 1 aromatic carbocycles. The second-order valence-electron chi connectivity index (χ2n) is 6.51. The fourth-order valence-corrected chi connectivity index (χ4v) is 4.22. The van der Waals surface area contributed by atoms with Crippen LogP contribution in [0.15, 0.2) is 63.2 Å². The van der Waals surface area contributed by atoms with Crippen molar-refractivity contribution in [2.24, 2.45) is 0 Å². The molecule has 0 N–H and O–H groups in total. The first kappa shape index (κ1) is 20.0. The van der Waals surface area contributed by atoms with Crippen molar-refractivity contribution in [3.8, 4) is 11.4 Å². The highest BCUT2D eigenvalue weighted by atomic mass is 32.2. The van der Waals surface area contributed by atoms with Crippen molar-refractivity contribution in [2.75, 3.05) is 6.61 Å². The van der Waals surface area contributed by atoms with Gasteiger partial charge in [0.25, 0.3) is 0 Å². The average molecular weight is 423 g/mol. The predicted molar refractivity (Wildman–Crippen MR) is 114 cm³/mol. The highest BCUT2D eigenvalue weighted by Gasteiger charge is 2.23. The number of rotatable bonds is 8. The molecular weight excluding hydrogens is 402 g/mol. The van der Waals surface area contributed by atoms with E-state index in [0.29, 0.717) is 28.9 Å². The standard InChI is InChI=1S/C22H21N3O4S/c1-4-11-25-20(15-10-12-28-14(15)3)23-24-22(25)30-13-17-16-8-6-7-9-18(16)29-19(17)21(26)27-5-2/h4,6-10,12H,1,5,11,13H2,2-3H3. The molecule has 154 valence electrons. The van der Waals surface area contributed by atoms with E-state index >= 15 is 0 Å². The fourth-order valence-electron chi connectivity index (χ4n) is 3.25. The Balaban J connectivity index is 1.69. The average Bonchev–Trinajstić information content (AvgIpc) is 3.44. The zero-order valence-electron chi connectivity index (χ0n) is 16.8. The van der Waals surface area contributed by atoms with E-state index < -0.39 is 5.97 Å². The van der Waals surface area contributed by atoms with E-state index in [0.717, 1.165) is 22.3 Å². The number of benzene rings is 1. The summed E-state index contributed by atoms with van der Waals surface area (Å²) in [6.45, 7) is 8.33. The third kappa shape index (κ3) is 3.66. The van der Waals surface area contributed by atoms with Crippen LogP contribution < -0.4 is 0 Å². The molecule has 0 spiro atoms. The number of thioether (sulfide) groups is 1. The molecule has 4 rings (SSSR count). The summed E-state index contributed by atoms with van der Waals surface area (Å²) in [6.07, 6.45) is 3.43. The summed E-state index contributed by atoms with van der Waals surface area (Å²) < 4.78 is 18.4. The van der Waals surface area contributed by atoms with Crippen LogP contribution in [0.2, 0.25) is 0 Å². The Bertz CT molecular complexity index is 1200. The third-order valence-electron chi connectivity index (χ3n) is 4.63. The van der Waals surface area contributed by atoms with Crippen molar-refractivity contribution in [1.29, 1.82) is 0 Å². The Morgan fingerprint density at radius 3 is 2.87 bits per heavy atom. The number of carbonyl (C=O) groups is 1. The molecule has 8 heteroatoms. The number of hydrogen-bond acceptors (Lipinski definition) is 7. The van der Waals surface area contributed by atoms with Crippen LogP contribution in [-0.2, 0) is 17.0 Å². The van der Waals surface area contributed by atoms with Gasteiger partial charge in [0.05, 0.1) is 18.4 Å². The van der Waals surface area contributed by atoms with Gasteiger partial charge in [0, 0.05) is 23.2 Å². The summed E-state index contributed by atoms with van der Waals surface area (Å²) in [7, 11) is 0. The van der Waals surface area contributed by atoms with E-state index in [-0.39, 0.29) is 12.4 Å². The van der Waals surface area contributed by atoms with Gasteiger partial charge in [0.2, 0.25) is 5.76 Å². The lowest BCUT2D eigenvalue weighted by molar-refractivity contribution is 0.0491. The van der Waals surface area contributed by atoms with E-state index in [1.165, 1.54) is 11.8 Å². The molecule has 0 unspecified atom stereocenters. The Morgan fingerprint density at radius 1 is 1.30 bits per heavy atom. The number of nitrogens with zero attached hydrogens (tertiary/aromatic N) is 3. The minimum absolute atomic E-state index is 0.228. The molecule has 0 saturated carbocycles. The van der Waals surface area contributed by atoms with E-state index in [1.807, 2.05) is 41.8 Å². The fraction of sp³-hybridized carbons (Fsp3) is 0.227. The van der Waals surface area contributed by atoms with E-state index in [9.17, 15) is 4.79 Å². The third-order valence-corrected chi connectivity index (χ3v) is 5.63. The van der Waals surface area contributed by atoms with Gasteiger partial charge in [-0.15, -0.1) is 16.8 Å². The van der Waals surface area contributed by atoms with Crippen LogP contribution in [0.4, 0.5) is 0 Å². The smallest absolute Gasteiger partial charge is 0.374 e. The molecule has 0 aliphatic heterocycles. The molecule has 3 aromatic heterocycles. The summed E-state index contributed by atoms with van der Waals surface area (Å²) in [4.78, 5) is 12.4. The van der Waals surface area contributed by atoms with Crippen molar-refractivity contribution in [1.82, 2.24) is 14.8 Å². The first-order valence-electron chi connectivity index (χ1n) is 9.52. The number of hydrogen-bond donors (Lipinski definition) is 0. The maximum Gasteiger partial charge on any atom is 0.374 e. The number of fused-ring (bicyclic) bond motifs is 1. The van der Waals surface area contributed by atoms with Gasteiger partial charge in [-0.2, -0.15) is 0 Å². The number of allylic oxidation sites excluding steroid dienone is 1. The van der Waals surface area contributed by atoms with Crippen molar-refractivity contribution in [3.05, 3.63) is 66.3 Å². The summed E-state index contributed by atoms with van der Waals surface area (Å²) in [5, 5.41) is 10.3. The van der Waals surface area contributed by atoms with E-state index in [1.54, 1.807) is 19.3 Å². The number of esters is 1. The lowest BCUT2D eigenvalue weighted by Gasteiger charge is -2.07. The molecule has 0 aliphatic rings. The predicted octanol–water partition coefficient (Wildman–Crippen LogP) is 5.25. The number of ether oxygens (including phenoxy) is 1. The van der Waals surface area contributed by atoms with Crippen LogP contribution in [0.3, 0.4) is 0 Å². The Morgan fingerprint density at radius 2 is 2.13 bits per heavy atom. The topological polar surface area (TPSA) is 83.3 Å². The van der Waals surface area contributed by atoms with Gasteiger partial charge in [-0.25, -0.2) is 4.79 Å². The Labute approximate surface area is 177 Å². The van der Waals surface area contributed by atoms with Crippen molar-refractivity contribution >= 4 is 28.7 Å². The van der Waals surface area contributed by atoms with Gasteiger partial charge < -0.3 is 13.6 Å². The molecule has 0 fully saturated rings. The van der Waals surface area contributed by atoms with Gasteiger partial charge in [-0.05, 0) is 26.0 Å². The molecule has 30 heavy (non-hydrogen) atoms. The maximum absolute atomic E-state index is 12.4. The SMILES string of the molecule is C=CCn1c(SCc2c(C(=O)OCC)oc3ccccc23)nnc1-c1ccoc1C. The summed E-state index contributed by atoms with van der Waals surface area (Å²) in [5.41, 5.74) is 2.32. The summed E-state index contributed by atoms with van der Waals surface area (Å²) in [5.74, 6) is 1.73. The maximum atomic E-state index is 12.4. The molecule has 3 heterocycles. The molecule has 0 bridgehead atoms. The number of furan rings is 2. The Hall–Kier alpha value is -3.26. The molecule has 0 atom stereocenters. The molecule has 4 aromatic rings. The van der Waals surface area contributed by atoms with Crippen LogP contribution in [0.1, 0.15) is 28.8 Å². The second-order valence-corrected chi connectivity index (χ2v) is 7.45. The molecular formula is C22H21N3O4S. The number of aromatic nitrogens is 3. The molecule has 0 aliphatic carbocycles. The van der Waals surface area contributed by atoms with Crippen LogP contribution in [-0.4, -0.2) is 27.3 Å². The lowest BCUT2D eigenvalue weighted by Crippen LogP contribution is -2.06. The summed E-state index contributed by atoms with van der Waals surface area (Å²) in [6, 6.07) is 9.44. The number of aryl methyl sites for hydroxylation is 1. The zero-order valence-corrected chi connectivity index (χ0v) is 17.6. The monoisotopic (exact) mass is 423 g/mol. The summed E-state index contributed by atoms with van der Waals surface area (Å²) >= 11 is 1.48. The number of carbonyl (C=O) groups excluding carboxylic acids is 1. The van der Waals surface area contributed by atoms with Gasteiger partial charge in [-0.3, -0.25) is 4.57 Å². The van der Waals surface area contributed by atoms with Gasteiger partial charge >= 0.3 is 5.97 Å². The minimum atomic E-state index is -0.466. The second kappa shape index (κ2) is 8.62. The van der Waals surface area contributed by atoms with Crippen molar-refractivity contribution in [2.45, 2.75) is 31.3 Å². The van der Waals surface area contributed by atoms with E-state index in [4.69, 9.17) is 13.6 Å². The van der Waals surface area contributed by atoms with Crippen LogP contribution in [0, 0.1) is 6.92 Å². The normalized spacial score (nSPS) is 11.1. The molecule has 0 amide bonds. The highest BCUT2D eigenvalue weighted by molar-refractivity contribution is 7.98. The highest BCUT2D eigenvalue weighted by Crippen LogP contribution is 2.33. The molecule has 0 saturated heterocycles. The van der Waals surface area contributed by atoms with Gasteiger partial charge in [0.1, 0.15) is 11.3 Å².